The molecule has 7 nitrogen and oxygen atoms in total. The van der Waals surface area contributed by atoms with E-state index < -0.39 is 23.6 Å². The summed E-state index contributed by atoms with van der Waals surface area (Å²) in [5.41, 5.74) is 0.363. The second kappa shape index (κ2) is 7.65. The normalized spacial score (nSPS) is 18.7. The number of hydrogen-bond acceptors (Lipinski definition) is 7. The number of esters is 1. The van der Waals surface area contributed by atoms with Crippen molar-refractivity contribution >= 4 is 12.1 Å². The van der Waals surface area contributed by atoms with Gasteiger partial charge in [0.15, 0.2) is 6.10 Å². The molecule has 1 N–H and O–H groups in total. The summed E-state index contributed by atoms with van der Waals surface area (Å²) >= 11 is 0. The molecule has 0 amide bonds. The first kappa shape index (κ1) is 17.8. The number of cyclic esters (lactones) is 1. The Morgan fingerprint density at radius 3 is 2.32 bits per heavy atom. The van der Waals surface area contributed by atoms with Crippen molar-refractivity contribution in [2.24, 2.45) is 5.41 Å². The van der Waals surface area contributed by atoms with Crippen LogP contribution >= 0.6 is 0 Å². The smallest absolute Gasteiger partial charge is 0.335 e. The Morgan fingerprint density at radius 1 is 1.41 bits per heavy atom. The number of aliphatic hydroxyl groups is 1. The molecule has 0 radical (unpaired) electrons. The fraction of sp³-hybridized carbons (Fsp3) is 0.467. The van der Waals surface area contributed by atoms with E-state index in [0.717, 1.165) is 11.3 Å². The van der Waals surface area contributed by atoms with E-state index >= 15 is 0 Å². The molecular formula is C15H19O7-. The Hall–Kier alpha value is -2.28. The molecule has 7 heteroatoms. The molecule has 0 aliphatic carbocycles. The van der Waals surface area contributed by atoms with Crippen molar-refractivity contribution in [1.82, 2.24) is 0 Å². The summed E-state index contributed by atoms with van der Waals surface area (Å²) in [6.07, 6.45) is -2.45. The van der Waals surface area contributed by atoms with Crippen molar-refractivity contribution in [1.29, 1.82) is 0 Å². The summed E-state index contributed by atoms with van der Waals surface area (Å²) in [5, 5.41) is 19.0. The van der Waals surface area contributed by atoms with Crippen LogP contribution in [0.1, 0.15) is 19.4 Å². The van der Waals surface area contributed by atoms with E-state index in [-0.39, 0.29) is 6.61 Å². The highest BCUT2D eigenvalue weighted by Crippen LogP contribution is 2.27. The van der Waals surface area contributed by atoms with Crippen LogP contribution in [0.5, 0.6) is 5.75 Å². The van der Waals surface area contributed by atoms with E-state index in [1.807, 2.05) is 0 Å². The molecule has 22 heavy (non-hydrogen) atoms. The van der Waals surface area contributed by atoms with Crippen LogP contribution in [0.2, 0.25) is 0 Å². The maximum Gasteiger partial charge on any atom is 0.335 e. The third-order valence-electron chi connectivity index (χ3n) is 3.07. The number of carbonyl (C=O) groups excluding carboxylic acids is 2. The number of hydrogen-bond donors (Lipinski definition) is 1. The quantitative estimate of drug-likeness (QED) is 0.810. The molecule has 0 bridgehead atoms. The molecular weight excluding hydrogens is 292 g/mol. The number of carboxylic acid groups (broad SMARTS) is 1. The lowest BCUT2D eigenvalue weighted by molar-refractivity contribution is -0.284. The van der Waals surface area contributed by atoms with Gasteiger partial charge in [-0.15, -0.1) is 0 Å². The maximum absolute atomic E-state index is 10.5. The predicted molar refractivity (Wildman–Crippen MR) is 73.9 cm³/mol. The molecule has 1 aliphatic heterocycles. The lowest BCUT2D eigenvalue weighted by Gasteiger charge is -2.15. The minimum absolute atomic E-state index is 0.00628. The van der Waals surface area contributed by atoms with E-state index in [9.17, 15) is 14.7 Å². The number of aliphatic hydroxyl groups excluding tert-OH is 1. The minimum Gasteiger partial charge on any atom is -0.545 e. The first-order valence-electron chi connectivity index (χ1n) is 6.57. The van der Waals surface area contributed by atoms with Crippen molar-refractivity contribution in [3.05, 3.63) is 29.8 Å². The Morgan fingerprint density at radius 2 is 2.00 bits per heavy atom. The monoisotopic (exact) mass is 311 g/mol. The van der Waals surface area contributed by atoms with Gasteiger partial charge in [0.25, 0.3) is 6.16 Å². The lowest BCUT2D eigenvalue weighted by atomic mass is 9.90. The Balaban J connectivity index is 0.000000235. The minimum atomic E-state index is -1.52. The molecule has 1 aromatic rings. The highest BCUT2D eigenvalue weighted by atomic mass is 16.7. The van der Waals surface area contributed by atoms with Crippen molar-refractivity contribution < 1.29 is 34.0 Å². The summed E-state index contributed by atoms with van der Waals surface area (Å²) in [6.45, 7) is 3.92. The Kier molecular flexibility index (Phi) is 6.18. The van der Waals surface area contributed by atoms with Crippen LogP contribution in [0, 0.1) is 5.41 Å². The average Bonchev–Trinajstić information content (AvgIpc) is 2.73. The number of benzene rings is 1. The summed E-state index contributed by atoms with van der Waals surface area (Å²) < 4.78 is 13.8. The van der Waals surface area contributed by atoms with Crippen LogP contribution in [-0.2, 0) is 20.9 Å². The average molecular weight is 311 g/mol. The molecule has 0 spiro atoms. The van der Waals surface area contributed by atoms with Crippen LogP contribution in [0.4, 0.5) is 4.79 Å². The van der Waals surface area contributed by atoms with Crippen molar-refractivity contribution in [3.63, 3.8) is 0 Å². The van der Waals surface area contributed by atoms with Gasteiger partial charge in [-0.25, -0.2) is 4.79 Å². The van der Waals surface area contributed by atoms with E-state index in [0.29, 0.717) is 6.61 Å². The number of rotatable bonds is 3. The van der Waals surface area contributed by atoms with Gasteiger partial charge < -0.3 is 29.2 Å². The molecule has 2 rings (SSSR count). The van der Waals surface area contributed by atoms with Crippen molar-refractivity contribution in [2.45, 2.75) is 26.6 Å². The first-order valence-corrected chi connectivity index (χ1v) is 6.57. The van der Waals surface area contributed by atoms with E-state index in [4.69, 9.17) is 9.84 Å². The van der Waals surface area contributed by atoms with Crippen LogP contribution in [-0.4, -0.2) is 37.1 Å². The van der Waals surface area contributed by atoms with E-state index in [1.165, 1.54) is 0 Å². The maximum atomic E-state index is 10.5. The second-order valence-corrected chi connectivity index (χ2v) is 5.39. The third-order valence-corrected chi connectivity index (χ3v) is 3.07. The molecule has 1 heterocycles. The van der Waals surface area contributed by atoms with Gasteiger partial charge in [-0.1, -0.05) is 26.0 Å². The zero-order valence-corrected chi connectivity index (χ0v) is 12.7. The van der Waals surface area contributed by atoms with Crippen molar-refractivity contribution in [2.75, 3.05) is 13.7 Å². The summed E-state index contributed by atoms with van der Waals surface area (Å²) in [7, 11) is 1.56. The number of ether oxygens (including phenoxy) is 3. The fourth-order valence-corrected chi connectivity index (χ4v) is 1.60. The van der Waals surface area contributed by atoms with E-state index in [2.05, 4.69) is 9.47 Å². The van der Waals surface area contributed by atoms with Crippen LogP contribution < -0.4 is 9.84 Å². The highest BCUT2D eigenvalue weighted by Gasteiger charge is 2.41. The fourth-order valence-electron chi connectivity index (χ4n) is 1.60. The third kappa shape index (κ3) is 5.25. The molecule has 0 saturated carbocycles. The molecule has 0 aromatic heterocycles. The van der Waals surface area contributed by atoms with Crippen molar-refractivity contribution in [3.8, 4) is 5.75 Å². The second-order valence-electron chi connectivity index (χ2n) is 5.39. The van der Waals surface area contributed by atoms with Crippen LogP contribution in [0.25, 0.3) is 0 Å². The summed E-state index contributed by atoms with van der Waals surface area (Å²) in [4.78, 5) is 20.5. The first-order chi connectivity index (χ1) is 10.3. The standard InChI is InChI=1S/C9H10O4.C6H10O3/c1-12-8-4-2-7(3-5-8)6-13-9(10)11;1-6(2)3-9-5(8)4(6)7/h2-5H,6H2,1H3,(H,10,11);4,7H,3H2,1-2H3/p-1. The zero-order valence-electron chi connectivity index (χ0n) is 12.7. The van der Waals surface area contributed by atoms with Crippen LogP contribution in [0.3, 0.4) is 0 Å². The summed E-state index contributed by atoms with van der Waals surface area (Å²) in [5.74, 6) is 0.220. The summed E-state index contributed by atoms with van der Waals surface area (Å²) in [6, 6.07) is 6.91. The van der Waals surface area contributed by atoms with Crippen LogP contribution in [0.15, 0.2) is 24.3 Å². The molecule has 1 unspecified atom stereocenters. The molecule has 122 valence electrons. The molecule has 1 saturated heterocycles. The van der Waals surface area contributed by atoms with Gasteiger partial charge >= 0.3 is 5.97 Å². The SMILES string of the molecule is CC1(C)COC(=O)C1O.COc1ccc(COC(=O)[O-])cc1. The molecule has 1 atom stereocenters. The Bertz CT molecular complexity index is 507. The molecule has 1 fully saturated rings. The van der Waals surface area contributed by atoms with Gasteiger partial charge in [0.05, 0.1) is 20.3 Å². The van der Waals surface area contributed by atoms with E-state index in [1.54, 1.807) is 45.2 Å². The van der Waals surface area contributed by atoms with Gasteiger partial charge in [-0.05, 0) is 17.7 Å². The Labute approximate surface area is 128 Å². The lowest BCUT2D eigenvalue weighted by Crippen LogP contribution is -2.29. The molecule has 1 aliphatic rings. The van der Waals surface area contributed by atoms with Gasteiger partial charge in [0, 0.05) is 5.41 Å². The number of methoxy groups -OCH3 is 1. The highest BCUT2D eigenvalue weighted by molar-refractivity contribution is 5.77. The van der Waals surface area contributed by atoms with Gasteiger partial charge in [0.1, 0.15) is 5.75 Å². The van der Waals surface area contributed by atoms with Gasteiger partial charge in [-0.2, -0.15) is 0 Å². The van der Waals surface area contributed by atoms with Gasteiger partial charge in [0.2, 0.25) is 0 Å². The largest absolute Gasteiger partial charge is 0.545 e. The van der Waals surface area contributed by atoms with Gasteiger partial charge in [-0.3, -0.25) is 0 Å². The molecule has 1 aromatic carbocycles. The zero-order chi connectivity index (χ0) is 16.8. The predicted octanol–water partition coefficient (Wildman–Crippen LogP) is 0.485. The number of carbonyl (C=O) groups is 2. The topological polar surface area (TPSA) is 105 Å².